The van der Waals surface area contributed by atoms with Crippen LogP contribution in [0.4, 0.5) is 0 Å². The topological polar surface area (TPSA) is 24.5 Å². The van der Waals surface area contributed by atoms with Gasteiger partial charge in [0.1, 0.15) is 12.4 Å². The van der Waals surface area contributed by atoms with E-state index >= 15 is 0 Å². The number of rotatable bonds is 4. The molecule has 5 heteroatoms. The van der Waals surface area contributed by atoms with Crippen LogP contribution in [0, 0.1) is 13.8 Å². The van der Waals surface area contributed by atoms with Crippen LogP contribution in [0.1, 0.15) is 11.1 Å². The molecule has 1 heterocycles. The Bertz CT molecular complexity index is 368. The zero-order chi connectivity index (χ0) is 12.1. The lowest BCUT2D eigenvalue weighted by Gasteiger charge is -2.27. The van der Waals surface area contributed by atoms with Gasteiger partial charge in [-0.15, -0.1) is 24.8 Å². The van der Waals surface area contributed by atoms with Crippen molar-refractivity contribution in [3.8, 4) is 5.75 Å². The van der Waals surface area contributed by atoms with E-state index in [0.717, 1.165) is 45.1 Å². The number of nitrogens with one attached hydrogen (secondary N) is 1. The van der Waals surface area contributed by atoms with Gasteiger partial charge in [0.2, 0.25) is 0 Å². The first kappa shape index (κ1) is 18.5. The van der Waals surface area contributed by atoms with Gasteiger partial charge in [-0.2, -0.15) is 0 Å². The molecule has 0 aliphatic carbocycles. The largest absolute Gasteiger partial charge is 0.492 e. The second-order valence-electron chi connectivity index (χ2n) is 4.71. The number of ether oxygens (including phenoxy) is 1. The summed E-state index contributed by atoms with van der Waals surface area (Å²) in [6.07, 6.45) is 0. The van der Waals surface area contributed by atoms with Crippen LogP contribution in [-0.4, -0.2) is 44.2 Å². The maximum Gasteiger partial charge on any atom is 0.122 e. The highest BCUT2D eigenvalue weighted by molar-refractivity contribution is 5.85. The standard InChI is InChI=1S/C14H22N2O.2ClH/c1-12-3-4-13(2)14(11-12)17-10-9-16-7-5-15-6-8-16;;/h3-4,11,15H,5-10H2,1-2H3;2*1H. The van der Waals surface area contributed by atoms with E-state index < -0.39 is 0 Å². The summed E-state index contributed by atoms with van der Waals surface area (Å²) in [5.74, 6) is 1.03. The third kappa shape index (κ3) is 6.00. The van der Waals surface area contributed by atoms with Crippen molar-refractivity contribution in [3.63, 3.8) is 0 Å². The molecule has 0 amide bonds. The Balaban J connectivity index is 0.00000162. The van der Waals surface area contributed by atoms with Crippen LogP contribution in [0.2, 0.25) is 0 Å². The van der Waals surface area contributed by atoms with Crippen molar-refractivity contribution in [2.75, 3.05) is 39.3 Å². The lowest BCUT2D eigenvalue weighted by atomic mass is 10.1. The average Bonchev–Trinajstić information content (AvgIpc) is 2.35. The maximum atomic E-state index is 5.86. The molecule has 0 radical (unpaired) electrons. The van der Waals surface area contributed by atoms with Crippen LogP contribution >= 0.6 is 24.8 Å². The van der Waals surface area contributed by atoms with Crippen LogP contribution in [0.15, 0.2) is 18.2 Å². The van der Waals surface area contributed by atoms with Crippen LogP contribution in [0.3, 0.4) is 0 Å². The lowest BCUT2D eigenvalue weighted by Crippen LogP contribution is -2.44. The number of piperazine rings is 1. The molecule has 0 unspecified atom stereocenters. The Morgan fingerprint density at radius 2 is 1.84 bits per heavy atom. The zero-order valence-corrected chi connectivity index (χ0v) is 13.3. The normalized spacial score (nSPS) is 15.3. The van der Waals surface area contributed by atoms with E-state index in [1.54, 1.807) is 0 Å². The second kappa shape index (κ2) is 9.43. The zero-order valence-electron chi connectivity index (χ0n) is 11.6. The van der Waals surface area contributed by atoms with Crippen molar-refractivity contribution in [2.45, 2.75) is 13.8 Å². The molecule has 1 aromatic rings. The Labute approximate surface area is 128 Å². The van der Waals surface area contributed by atoms with Gasteiger partial charge in [0.25, 0.3) is 0 Å². The molecule has 2 rings (SSSR count). The Hall–Kier alpha value is -0.480. The molecular formula is C14H24Cl2N2O. The van der Waals surface area contributed by atoms with Gasteiger partial charge in [-0.1, -0.05) is 12.1 Å². The summed E-state index contributed by atoms with van der Waals surface area (Å²) >= 11 is 0. The fourth-order valence-corrected chi connectivity index (χ4v) is 2.08. The van der Waals surface area contributed by atoms with Crippen LogP contribution in [0.5, 0.6) is 5.75 Å². The third-order valence-electron chi connectivity index (χ3n) is 3.22. The number of nitrogens with zero attached hydrogens (tertiary/aromatic N) is 1. The van der Waals surface area contributed by atoms with E-state index in [9.17, 15) is 0 Å². The third-order valence-corrected chi connectivity index (χ3v) is 3.22. The highest BCUT2D eigenvalue weighted by Gasteiger charge is 2.09. The lowest BCUT2D eigenvalue weighted by molar-refractivity contribution is 0.191. The van der Waals surface area contributed by atoms with Crippen LogP contribution in [0.25, 0.3) is 0 Å². The molecular weight excluding hydrogens is 283 g/mol. The Morgan fingerprint density at radius 1 is 1.16 bits per heavy atom. The van der Waals surface area contributed by atoms with E-state index in [-0.39, 0.29) is 24.8 Å². The minimum absolute atomic E-state index is 0. The summed E-state index contributed by atoms with van der Waals surface area (Å²) in [7, 11) is 0. The van der Waals surface area contributed by atoms with E-state index in [1.807, 2.05) is 0 Å². The molecule has 1 fully saturated rings. The van der Waals surface area contributed by atoms with Gasteiger partial charge in [-0.25, -0.2) is 0 Å². The molecule has 1 aliphatic rings. The molecule has 0 bridgehead atoms. The first-order valence-electron chi connectivity index (χ1n) is 6.39. The summed E-state index contributed by atoms with van der Waals surface area (Å²) in [6, 6.07) is 6.36. The smallest absolute Gasteiger partial charge is 0.122 e. The van der Waals surface area contributed by atoms with E-state index in [2.05, 4.69) is 42.3 Å². The van der Waals surface area contributed by atoms with Gasteiger partial charge in [-0.05, 0) is 31.0 Å². The van der Waals surface area contributed by atoms with Gasteiger partial charge in [0.15, 0.2) is 0 Å². The van der Waals surface area contributed by atoms with Crippen molar-refractivity contribution in [3.05, 3.63) is 29.3 Å². The highest BCUT2D eigenvalue weighted by Crippen LogP contribution is 2.18. The number of benzene rings is 1. The van der Waals surface area contributed by atoms with Gasteiger partial charge in [-0.3, -0.25) is 4.90 Å². The van der Waals surface area contributed by atoms with E-state index in [4.69, 9.17) is 4.74 Å². The minimum atomic E-state index is 0. The van der Waals surface area contributed by atoms with Crippen LogP contribution in [-0.2, 0) is 0 Å². The molecule has 3 nitrogen and oxygen atoms in total. The SMILES string of the molecule is Cc1ccc(C)c(OCCN2CCNCC2)c1.Cl.Cl. The average molecular weight is 307 g/mol. The van der Waals surface area contributed by atoms with Gasteiger partial charge < -0.3 is 10.1 Å². The Morgan fingerprint density at radius 3 is 2.53 bits per heavy atom. The molecule has 1 saturated heterocycles. The molecule has 1 N–H and O–H groups in total. The number of aryl methyl sites for hydroxylation is 2. The van der Waals surface area contributed by atoms with E-state index in [1.165, 1.54) is 11.1 Å². The molecule has 0 spiro atoms. The molecule has 19 heavy (non-hydrogen) atoms. The van der Waals surface area contributed by atoms with E-state index in [0.29, 0.717) is 0 Å². The van der Waals surface area contributed by atoms with Crippen molar-refractivity contribution >= 4 is 24.8 Å². The minimum Gasteiger partial charge on any atom is -0.492 e. The van der Waals surface area contributed by atoms with Gasteiger partial charge >= 0.3 is 0 Å². The van der Waals surface area contributed by atoms with Crippen molar-refractivity contribution in [1.82, 2.24) is 10.2 Å². The number of hydrogen-bond donors (Lipinski definition) is 1. The number of hydrogen-bond acceptors (Lipinski definition) is 3. The number of halogens is 2. The van der Waals surface area contributed by atoms with Crippen molar-refractivity contribution in [2.24, 2.45) is 0 Å². The quantitative estimate of drug-likeness (QED) is 0.924. The Kier molecular flexibility index (Phi) is 9.19. The maximum absolute atomic E-state index is 5.86. The summed E-state index contributed by atoms with van der Waals surface area (Å²) < 4.78 is 5.86. The summed E-state index contributed by atoms with van der Waals surface area (Å²) in [4.78, 5) is 2.45. The first-order valence-corrected chi connectivity index (χ1v) is 6.39. The van der Waals surface area contributed by atoms with Crippen LogP contribution < -0.4 is 10.1 Å². The molecule has 1 aromatic carbocycles. The molecule has 110 valence electrons. The van der Waals surface area contributed by atoms with Gasteiger partial charge in [0, 0.05) is 32.7 Å². The fourth-order valence-electron chi connectivity index (χ4n) is 2.08. The summed E-state index contributed by atoms with van der Waals surface area (Å²) in [6.45, 7) is 10.5. The monoisotopic (exact) mass is 306 g/mol. The summed E-state index contributed by atoms with van der Waals surface area (Å²) in [5.41, 5.74) is 2.48. The van der Waals surface area contributed by atoms with Crippen molar-refractivity contribution < 1.29 is 4.74 Å². The fraction of sp³-hybridized carbons (Fsp3) is 0.571. The molecule has 0 saturated carbocycles. The second-order valence-corrected chi connectivity index (χ2v) is 4.71. The predicted octanol–water partition coefficient (Wildman–Crippen LogP) is 2.43. The molecule has 1 aliphatic heterocycles. The molecule has 0 atom stereocenters. The predicted molar refractivity (Wildman–Crippen MR) is 85.2 cm³/mol. The summed E-state index contributed by atoms with van der Waals surface area (Å²) in [5, 5.41) is 3.36. The van der Waals surface area contributed by atoms with Gasteiger partial charge in [0.05, 0.1) is 0 Å². The molecule has 0 aromatic heterocycles. The highest BCUT2D eigenvalue weighted by atomic mass is 35.5. The van der Waals surface area contributed by atoms with Crippen molar-refractivity contribution in [1.29, 1.82) is 0 Å². The first-order chi connectivity index (χ1) is 8.25.